The van der Waals surface area contributed by atoms with E-state index in [4.69, 9.17) is 14.6 Å². The number of rotatable bonds is 4. The molecule has 5 rings (SSSR count). The first-order valence-corrected chi connectivity index (χ1v) is 11.6. The topological polar surface area (TPSA) is 54.4 Å². The third kappa shape index (κ3) is 4.22. The summed E-state index contributed by atoms with van der Waals surface area (Å²) in [5.41, 5.74) is 5.62. The van der Waals surface area contributed by atoms with Gasteiger partial charge in [0.1, 0.15) is 0 Å². The van der Waals surface area contributed by atoms with E-state index in [0.717, 1.165) is 43.6 Å². The van der Waals surface area contributed by atoms with Crippen molar-refractivity contribution in [2.24, 2.45) is 5.10 Å². The largest absolute Gasteiger partial charge is 0.347 e. The van der Waals surface area contributed by atoms with Crippen LogP contribution in [-0.4, -0.2) is 60.2 Å². The second-order valence-corrected chi connectivity index (χ2v) is 9.11. The van der Waals surface area contributed by atoms with E-state index in [-0.39, 0.29) is 11.9 Å². The number of amides is 1. The number of hydrogen-bond acceptors (Lipinski definition) is 5. The van der Waals surface area contributed by atoms with Crippen LogP contribution >= 0.6 is 0 Å². The Bertz CT molecular complexity index is 1000. The van der Waals surface area contributed by atoms with Gasteiger partial charge in [-0.05, 0) is 30.5 Å². The van der Waals surface area contributed by atoms with Crippen molar-refractivity contribution in [1.82, 2.24) is 9.91 Å². The Morgan fingerprint density at radius 1 is 1.06 bits per heavy atom. The van der Waals surface area contributed by atoms with Crippen molar-refractivity contribution in [3.05, 3.63) is 70.8 Å². The van der Waals surface area contributed by atoms with Gasteiger partial charge in [0.2, 0.25) is 0 Å². The van der Waals surface area contributed by atoms with Crippen LogP contribution in [0, 0.1) is 13.8 Å². The zero-order valence-electron chi connectivity index (χ0n) is 18.9. The molecule has 168 valence electrons. The number of aryl methyl sites for hydroxylation is 2. The SMILES string of the molecule is Cc1ccc(C)c([C@@H]2CC(c3ccccc3)=NN2C(=O)CN2CCC3(CC2)OCCO3)c1. The van der Waals surface area contributed by atoms with Crippen LogP contribution in [-0.2, 0) is 14.3 Å². The van der Waals surface area contributed by atoms with E-state index in [1.807, 2.05) is 18.2 Å². The Balaban J connectivity index is 1.36. The van der Waals surface area contributed by atoms with E-state index in [0.29, 0.717) is 19.8 Å². The van der Waals surface area contributed by atoms with E-state index in [2.05, 4.69) is 49.1 Å². The highest BCUT2D eigenvalue weighted by molar-refractivity contribution is 6.03. The number of ether oxygens (including phenoxy) is 2. The Kier molecular flexibility index (Phi) is 5.84. The Hall–Kier alpha value is -2.54. The molecule has 2 aromatic rings. The van der Waals surface area contributed by atoms with E-state index in [9.17, 15) is 4.79 Å². The molecule has 3 aliphatic rings. The van der Waals surface area contributed by atoms with Gasteiger partial charge in [0.25, 0.3) is 5.91 Å². The molecular weight excluding hydrogens is 402 g/mol. The highest BCUT2D eigenvalue weighted by Crippen LogP contribution is 2.36. The van der Waals surface area contributed by atoms with Gasteiger partial charge in [-0.15, -0.1) is 0 Å². The minimum absolute atomic E-state index is 0.0473. The normalized spacial score (nSPS) is 23.0. The van der Waals surface area contributed by atoms with Crippen LogP contribution in [0.3, 0.4) is 0 Å². The van der Waals surface area contributed by atoms with E-state index in [1.54, 1.807) is 5.01 Å². The maximum atomic E-state index is 13.5. The van der Waals surface area contributed by atoms with Crippen molar-refractivity contribution in [2.75, 3.05) is 32.8 Å². The molecule has 2 aromatic carbocycles. The van der Waals surface area contributed by atoms with E-state index < -0.39 is 5.79 Å². The Morgan fingerprint density at radius 2 is 1.78 bits per heavy atom. The first kappa shape index (κ1) is 21.3. The van der Waals surface area contributed by atoms with Crippen molar-refractivity contribution < 1.29 is 14.3 Å². The molecule has 32 heavy (non-hydrogen) atoms. The third-order valence-corrected chi connectivity index (χ3v) is 6.86. The van der Waals surface area contributed by atoms with Crippen LogP contribution < -0.4 is 0 Å². The lowest BCUT2D eigenvalue weighted by molar-refractivity contribution is -0.186. The number of benzene rings is 2. The second kappa shape index (κ2) is 8.77. The molecule has 0 unspecified atom stereocenters. The molecule has 6 heteroatoms. The summed E-state index contributed by atoms with van der Waals surface area (Å²) in [5, 5.41) is 6.58. The van der Waals surface area contributed by atoms with Gasteiger partial charge in [0.15, 0.2) is 5.79 Å². The first-order chi connectivity index (χ1) is 15.5. The molecule has 0 saturated carbocycles. The van der Waals surface area contributed by atoms with Crippen LogP contribution in [0.25, 0.3) is 0 Å². The lowest BCUT2D eigenvalue weighted by Crippen LogP contribution is -2.48. The summed E-state index contributed by atoms with van der Waals surface area (Å²) in [5.74, 6) is -0.376. The molecule has 0 aliphatic carbocycles. The summed E-state index contributed by atoms with van der Waals surface area (Å²) in [7, 11) is 0. The Labute approximate surface area is 189 Å². The summed E-state index contributed by atoms with van der Waals surface area (Å²) < 4.78 is 11.7. The first-order valence-electron chi connectivity index (χ1n) is 11.6. The minimum Gasteiger partial charge on any atom is -0.347 e. The van der Waals surface area contributed by atoms with Crippen molar-refractivity contribution in [2.45, 2.75) is 44.9 Å². The summed E-state index contributed by atoms with van der Waals surface area (Å²) in [6.07, 6.45) is 2.34. The quantitative estimate of drug-likeness (QED) is 0.736. The zero-order valence-corrected chi connectivity index (χ0v) is 18.9. The summed E-state index contributed by atoms with van der Waals surface area (Å²) in [6.45, 7) is 7.50. The van der Waals surface area contributed by atoms with Gasteiger partial charge in [0.05, 0.1) is 31.5 Å². The number of hydrazone groups is 1. The van der Waals surface area contributed by atoms with Gasteiger partial charge in [0, 0.05) is 32.4 Å². The van der Waals surface area contributed by atoms with Crippen LogP contribution in [0.1, 0.15) is 47.6 Å². The van der Waals surface area contributed by atoms with Crippen molar-refractivity contribution in [3.63, 3.8) is 0 Å². The summed E-state index contributed by atoms with van der Waals surface area (Å²) >= 11 is 0. The predicted octanol–water partition coefficient (Wildman–Crippen LogP) is 3.82. The number of carbonyl (C=O) groups is 1. The average Bonchev–Trinajstić information content (AvgIpc) is 3.46. The van der Waals surface area contributed by atoms with Gasteiger partial charge in [-0.1, -0.05) is 54.1 Å². The molecule has 3 heterocycles. The van der Waals surface area contributed by atoms with Gasteiger partial charge < -0.3 is 9.47 Å². The monoisotopic (exact) mass is 433 g/mol. The maximum Gasteiger partial charge on any atom is 0.257 e. The average molecular weight is 434 g/mol. The standard InChI is InChI=1S/C26H31N3O3/c1-19-8-9-20(2)22(16-19)24-17-23(21-6-4-3-5-7-21)27-29(24)25(30)18-28-12-10-26(11-13-28)31-14-15-32-26/h3-9,16,24H,10-15,17-18H2,1-2H3/t24-/m0/s1. The molecule has 0 bridgehead atoms. The van der Waals surface area contributed by atoms with Gasteiger partial charge in [-0.25, -0.2) is 5.01 Å². The smallest absolute Gasteiger partial charge is 0.257 e. The molecule has 3 aliphatic heterocycles. The number of carbonyl (C=O) groups excluding carboxylic acids is 1. The number of hydrogen-bond donors (Lipinski definition) is 0. The molecule has 2 saturated heterocycles. The van der Waals surface area contributed by atoms with Crippen LogP contribution in [0.4, 0.5) is 0 Å². The van der Waals surface area contributed by atoms with E-state index >= 15 is 0 Å². The lowest BCUT2D eigenvalue weighted by Gasteiger charge is -2.37. The molecule has 0 N–H and O–H groups in total. The van der Waals surface area contributed by atoms with Crippen LogP contribution in [0.5, 0.6) is 0 Å². The van der Waals surface area contributed by atoms with E-state index in [1.165, 1.54) is 16.7 Å². The molecular formula is C26H31N3O3. The Morgan fingerprint density at radius 3 is 2.50 bits per heavy atom. The zero-order chi connectivity index (χ0) is 22.1. The van der Waals surface area contributed by atoms with Crippen LogP contribution in [0.15, 0.2) is 53.6 Å². The van der Waals surface area contributed by atoms with Crippen molar-refractivity contribution >= 4 is 11.6 Å². The third-order valence-electron chi connectivity index (χ3n) is 6.86. The lowest BCUT2D eigenvalue weighted by atomic mass is 9.94. The minimum atomic E-state index is -0.424. The van der Waals surface area contributed by atoms with Crippen molar-refractivity contribution in [1.29, 1.82) is 0 Å². The molecule has 0 aromatic heterocycles. The fourth-order valence-corrected chi connectivity index (χ4v) is 5.01. The highest BCUT2D eigenvalue weighted by atomic mass is 16.7. The molecule has 1 spiro atoms. The molecule has 1 amide bonds. The fourth-order valence-electron chi connectivity index (χ4n) is 5.01. The summed E-state index contributed by atoms with van der Waals surface area (Å²) in [4.78, 5) is 15.7. The molecule has 1 atom stereocenters. The van der Waals surface area contributed by atoms with Gasteiger partial charge in [-0.3, -0.25) is 9.69 Å². The number of likely N-dealkylation sites (tertiary alicyclic amines) is 1. The number of nitrogens with zero attached hydrogens (tertiary/aromatic N) is 3. The highest BCUT2D eigenvalue weighted by Gasteiger charge is 2.41. The van der Waals surface area contributed by atoms with Crippen LogP contribution in [0.2, 0.25) is 0 Å². The number of piperidine rings is 1. The van der Waals surface area contributed by atoms with Crippen molar-refractivity contribution in [3.8, 4) is 0 Å². The fraction of sp³-hybridized carbons (Fsp3) is 0.462. The predicted molar refractivity (Wildman–Crippen MR) is 123 cm³/mol. The summed E-state index contributed by atoms with van der Waals surface area (Å²) in [6, 6.07) is 16.6. The molecule has 0 radical (unpaired) electrons. The maximum absolute atomic E-state index is 13.5. The molecule has 6 nitrogen and oxygen atoms in total. The van der Waals surface area contributed by atoms with Gasteiger partial charge >= 0.3 is 0 Å². The molecule has 2 fully saturated rings. The van der Waals surface area contributed by atoms with Gasteiger partial charge in [-0.2, -0.15) is 5.10 Å². The second-order valence-electron chi connectivity index (χ2n) is 9.11.